The average Bonchev–Trinajstić information content (AvgIpc) is 3.16. The van der Waals surface area contributed by atoms with Gasteiger partial charge in [0.2, 0.25) is 0 Å². The maximum absolute atomic E-state index is 12.5. The van der Waals surface area contributed by atoms with Gasteiger partial charge in [0.25, 0.3) is 5.91 Å². The molecular weight excluding hydrogens is 360 g/mol. The van der Waals surface area contributed by atoms with E-state index in [2.05, 4.69) is 4.98 Å². The minimum absolute atomic E-state index is 0.0575. The van der Waals surface area contributed by atoms with Gasteiger partial charge < -0.3 is 14.6 Å². The summed E-state index contributed by atoms with van der Waals surface area (Å²) in [6, 6.07) is 0.980. The molecule has 1 aliphatic heterocycles. The summed E-state index contributed by atoms with van der Waals surface area (Å²) in [6.07, 6.45) is 1.79. The molecule has 0 radical (unpaired) electrons. The zero-order valence-electron chi connectivity index (χ0n) is 15.1. The van der Waals surface area contributed by atoms with Gasteiger partial charge >= 0.3 is 5.97 Å². The van der Waals surface area contributed by atoms with Crippen LogP contribution < -0.4 is 0 Å². The molecule has 8 nitrogen and oxygen atoms in total. The number of hydrogen-bond acceptors (Lipinski definition) is 6. The Morgan fingerprint density at radius 3 is 2.54 bits per heavy atom. The summed E-state index contributed by atoms with van der Waals surface area (Å²) in [7, 11) is -3.13. The summed E-state index contributed by atoms with van der Waals surface area (Å²) in [5.41, 5.74) is 0.433. The molecule has 0 aromatic carbocycles. The third-order valence-electron chi connectivity index (χ3n) is 4.17. The number of sulfone groups is 1. The highest BCUT2D eigenvalue weighted by atomic mass is 32.2. The van der Waals surface area contributed by atoms with E-state index >= 15 is 0 Å². The van der Waals surface area contributed by atoms with Crippen LogP contribution in [0.4, 0.5) is 0 Å². The molecule has 1 atom stereocenters. The first-order valence-corrected chi connectivity index (χ1v) is 10.3. The lowest BCUT2D eigenvalue weighted by Gasteiger charge is -2.29. The van der Waals surface area contributed by atoms with Crippen LogP contribution in [0.5, 0.6) is 0 Å². The molecule has 1 fully saturated rings. The molecule has 1 saturated heterocycles. The first kappa shape index (κ1) is 20.2. The standard InChI is InChI=1S/C17H24N2O6S/c1-11(2)8-19(14-4-5-26(23,24)10-14)16(21)9-25-17(22)15-6-13(7-18-15)12(3)20/h6-7,11,14,18H,4-5,8-10H2,1-3H3/t14-/m0/s1. The van der Waals surface area contributed by atoms with Gasteiger partial charge in [-0.1, -0.05) is 13.8 Å². The lowest BCUT2D eigenvalue weighted by Crippen LogP contribution is -2.45. The number of esters is 1. The first-order chi connectivity index (χ1) is 12.1. The van der Waals surface area contributed by atoms with Gasteiger partial charge in [-0.3, -0.25) is 9.59 Å². The number of rotatable bonds is 7. The Morgan fingerprint density at radius 2 is 2.04 bits per heavy atom. The molecule has 1 aromatic heterocycles. The number of nitrogens with one attached hydrogen (secondary N) is 1. The number of hydrogen-bond donors (Lipinski definition) is 1. The Hall–Kier alpha value is -2.16. The van der Waals surface area contributed by atoms with Crippen LogP contribution in [-0.4, -0.2) is 66.7 Å². The number of carbonyl (C=O) groups excluding carboxylic acids is 3. The molecule has 1 aromatic rings. The van der Waals surface area contributed by atoms with Crippen LogP contribution >= 0.6 is 0 Å². The van der Waals surface area contributed by atoms with Gasteiger partial charge in [0.15, 0.2) is 22.2 Å². The smallest absolute Gasteiger partial charge is 0.355 e. The summed E-state index contributed by atoms with van der Waals surface area (Å²) in [6.45, 7) is 5.15. The predicted octanol–water partition coefficient (Wildman–Crippen LogP) is 1.05. The van der Waals surface area contributed by atoms with Gasteiger partial charge in [-0.25, -0.2) is 13.2 Å². The van der Waals surface area contributed by atoms with E-state index in [1.165, 1.54) is 24.1 Å². The molecule has 1 amide bonds. The average molecular weight is 384 g/mol. The maximum atomic E-state index is 12.5. The van der Waals surface area contributed by atoms with Crippen LogP contribution in [0, 0.1) is 5.92 Å². The van der Waals surface area contributed by atoms with Crippen molar-refractivity contribution < 1.29 is 27.5 Å². The van der Waals surface area contributed by atoms with Crippen LogP contribution in [0.3, 0.4) is 0 Å². The van der Waals surface area contributed by atoms with Crippen molar-refractivity contribution in [3.05, 3.63) is 23.5 Å². The molecule has 1 N–H and O–H groups in total. The molecule has 9 heteroatoms. The monoisotopic (exact) mass is 384 g/mol. The second-order valence-electron chi connectivity index (χ2n) is 6.93. The fourth-order valence-electron chi connectivity index (χ4n) is 2.87. The number of H-pyrrole nitrogens is 1. The fraction of sp³-hybridized carbons (Fsp3) is 0.588. The molecule has 2 heterocycles. The van der Waals surface area contributed by atoms with Crippen LogP contribution in [0.2, 0.25) is 0 Å². The van der Waals surface area contributed by atoms with Gasteiger partial charge in [0, 0.05) is 24.3 Å². The Labute approximate surface area is 152 Å². The SMILES string of the molecule is CC(=O)c1c[nH]c(C(=O)OCC(=O)N(CC(C)C)[C@H]2CCS(=O)(=O)C2)c1. The van der Waals surface area contributed by atoms with Crippen molar-refractivity contribution >= 4 is 27.5 Å². The molecule has 0 saturated carbocycles. The van der Waals surface area contributed by atoms with E-state index in [0.717, 1.165) is 0 Å². The molecular formula is C17H24N2O6S. The number of amides is 1. The molecule has 144 valence electrons. The zero-order valence-corrected chi connectivity index (χ0v) is 16.0. The van der Waals surface area contributed by atoms with Gasteiger partial charge in [-0.2, -0.15) is 0 Å². The number of Topliss-reactive ketones (excluding diaryl/α,β-unsaturated/α-hetero) is 1. The molecule has 0 aliphatic carbocycles. The van der Waals surface area contributed by atoms with E-state index in [0.29, 0.717) is 18.5 Å². The lowest BCUT2D eigenvalue weighted by molar-refractivity contribution is -0.137. The van der Waals surface area contributed by atoms with Crippen LogP contribution in [0.25, 0.3) is 0 Å². The second kappa shape index (κ2) is 8.03. The Kier molecular flexibility index (Phi) is 6.22. The van der Waals surface area contributed by atoms with Gasteiger partial charge in [0.05, 0.1) is 11.5 Å². The number of aromatic amines is 1. The normalized spacial score (nSPS) is 18.7. The summed E-state index contributed by atoms with van der Waals surface area (Å²) in [4.78, 5) is 39.9. The van der Waals surface area contributed by atoms with Gasteiger partial charge in [-0.05, 0) is 25.3 Å². The molecule has 26 heavy (non-hydrogen) atoms. The number of carbonyl (C=O) groups is 3. The highest BCUT2D eigenvalue weighted by Gasteiger charge is 2.35. The largest absolute Gasteiger partial charge is 0.451 e. The van der Waals surface area contributed by atoms with E-state index < -0.39 is 28.3 Å². The van der Waals surface area contributed by atoms with E-state index in [9.17, 15) is 22.8 Å². The van der Waals surface area contributed by atoms with E-state index in [1.807, 2.05) is 13.8 Å². The molecule has 0 spiro atoms. The third-order valence-corrected chi connectivity index (χ3v) is 5.92. The van der Waals surface area contributed by atoms with Crippen molar-refractivity contribution in [1.29, 1.82) is 0 Å². The van der Waals surface area contributed by atoms with E-state index in [-0.39, 0.29) is 34.9 Å². The van der Waals surface area contributed by atoms with E-state index in [4.69, 9.17) is 4.74 Å². The lowest BCUT2D eigenvalue weighted by atomic mass is 10.1. The Morgan fingerprint density at radius 1 is 1.35 bits per heavy atom. The third kappa shape index (κ3) is 5.17. The predicted molar refractivity (Wildman–Crippen MR) is 94.7 cm³/mol. The summed E-state index contributed by atoms with van der Waals surface area (Å²) in [5.74, 6) is -1.20. The first-order valence-electron chi connectivity index (χ1n) is 8.45. The van der Waals surface area contributed by atoms with Crippen molar-refractivity contribution in [1.82, 2.24) is 9.88 Å². The van der Waals surface area contributed by atoms with Crippen molar-refractivity contribution in [2.45, 2.75) is 33.2 Å². The van der Waals surface area contributed by atoms with Gasteiger partial charge in [0.1, 0.15) is 5.69 Å². The van der Waals surface area contributed by atoms with E-state index in [1.54, 1.807) is 0 Å². The maximum Gasteiger partial charge on any atom is 0.355 e. The van der Waals surface area contributed by atoms with Crippen molar-refractivity contribution in [2.24, 2.45) is 5.92 Å². The number of nitrogens with zero attached hydrogens (tertiary/aromatic N) is 1. The summed E-state index contributed by atoms with van der Waals surface area (Å²) < 4.78 is 28.4. The highest BCUT2D eigenvalue weighted by molar-refractivity contribution is 7.91. The quantitative estimate of drug-likeness (QED) is 0.555. The molecule has 2 rings (SSSR count). The van der Waals surface area contributed by atoms with Crippen molar-refractivity contribution in [3.63, 3.8) is 0 Å². The van der Waals surface area contributed by atoms with Crippen LogP contribution in [0.15, 0.2) is 12.3 Å². The zero-order chi connectivity index (χ0) is 19.5. The summed E-state index contributed by atoms with van der Waals surface area (Å²) in [5, 5.41) is 0. The topological polar surface area (TPSA) is 114 Å². The molecule has 0 bridgehead atoms. The molecule has 0 unspecified atom stereocenters. The van der Waals surface area contributed by atoms with Crippen molar-refractivity contribution in [2.75, 3.05) is 24.7 Å². The second-order valence-corrected chi connectivity index (χ2v) is 9.16. The fourth-order valence-corrected chi connectivity index (χ4v) is 4.60. The van der Waals surface area contributed by atoms with Crippen LogP contribution in [0.1, 0.15) is 48.0 Å². The highest BCUT2D eigenvalue weighted by Crippen LogP contribution is 2.19. The molecule has 1 aliphatic rings. The Bertz CT molecular complexity index is 796. The number of ketones is 1. The van der Waals surface area contributed by atoms with Crippen molar-refractivity contribution in [3.8, 4) is 0 Å². The minimum atomic E-state index is -3.13. The summed E-state index contributed by atoms with van der Waals surface area (Å²) >= 11 is 0. The van der Waals surface area contributed by atoms with Crippen LogP contribution in [-0.2, 0) is 19.4 Å². The number of ether oxygens (including phenoxy) is 1. The Balaban J connectivity index is 1.99. The van der Waals surface area contributed by atoms with Gasteiger partial charge in [-0.15, -0.1) is 0 Å². The minimum Gasteiger partial charge on any atom is -0.451 e. The number of aromatic nitrogens is 1.